The maximum atomic E-state index is 11.3. The van der Waals surface area contributed by atoms with Gasteiger partial charge in [0.1, 0.15) is 17.7 Å². The van der Waals surface area contributed by atoms with Gasteiger partial charge in [0.25, 0.3) is 0 Å². The first-order valence-electron chi connectivity index (χ1n) is 6.66. The van der Waals surface area contributed by atoms with Crippen molar-refractivity contribution >= 4 is 17.1 Å². The van der Waals surface area contributed by atoms with Gasteiger partial charge >= 0.3 is 5.69 Å². The second kappa shape index (κ2) is 6.21. The number of para-hydroxylation sites is 1. The molecule has 8 heteroatoms. The van der Waals surface area contributed by atoms with Crippen molar-refractivity contribution in [2.24, 2.45) is 7.05 Å². The Kier molecular flexibility index (Phi) is 4.36. The largest absolute Gasteiger partial charge is 0.380 e. The molecule has 2 N–H and O–H groups in total. The van der Waals surface area contributed by atoms with Crippen LogP contribution in [0.5, 0.6) is 0 Å². The van der Waals surface area contributed by atoms with Crippen LogP contribution < -0.4 is 10.6 Å². The normalized spacial score (nSPS) is 12.0. The van der Waals surface area contributed by atoms with Gasteiger partial charge in [-0.05, 0) is 26.0 Å². The third kappa shape index (κ3) is 3.10. The van der Waals surface area contributed by atoms with Gasteiger partial charge in [0.2, 0.25) is 0 Å². The van der Waals surface area contributed by atoms with Crippen LogP contribution in [-0.4, -0.2) is 26.2 Å². The number of nitrogens with zero attached hydrogens (tertiary/aromatic N) is 4. The number of aromatic nitrogens is 3. The minimum atomic E-state index is -0.385. The van der Waals surface area contributed by atoms with Crippen LogP contribution in [0.25, 0.3) is 0 Å². The number of rotatable bonds is 6. The van der Waals surface area contributed by atoms with E-state index < -0.39 is 0 Å². The Balaban J connectivity index is 2.33. The Hall–Kier alpha value is -2.64. The molecule has 1 heterocycles. The molecular formula is C13H18N6O2. The number of aryl methyl sites for hydroxylation is 1. The SMILES string of the molecule is CCNc1cccc(NC(C)c2nncn2C)c1[N+](=O)[O-]. The number of hydrogen-bond acceptors (Lipinski definition) is 6. The lowest BCUT2D eigenvalue weighted by atomic mass is 10.2. The first-order valence-corrected chi connectivity index (χ1v) is 6.66. The molecule has 0 aliphatic heterocycles. The van der Waals surface area contributed by atoms with Gasteiger partial charge in [0, 0.05) is 13.6 Å². The van der Waals surface area contributed by atoms with Crippen LogP contribution in [0.3, 0.4) is 0 Å². The molecule has 8 nitrogen and oxygen atoms in total. The highest BCUT2D eigenvalue weighted by Crippen LogP contribution is 2.34. The first kappa shape index (κ1) is 14.8. The molecule has 0 aliphatic rings. The van der Waals surface area contributed by atoms with Crippen LogP contribution in [0.15, 0.2) is 24.5 Å². The van der Waals surface area contributed by atoms with E-state index in [1.807, 2.05) is 20.9 Å². The maximum Gasteiger partial charge on any atom is 0.315 e. The third-order valence-electron chi connectivity index (χ3n) is 3.09. The van der Waals surface area contributed by atoms with Crippen molar-refractivity contribution in [2.75, 3.05) is 17.2 Å². The monoisotopic (exact) mass is 290 g/mol. The van der Waals surface area contributed by atoms with E-state index in [2.05, 4.69) is 20.8 Å². The molecule has 1 atom stereocenters. The quantitative estimate of drug-likeness (QED) is 0.626. The molecule has 2 aromatic rings. The second-order valence-corrected chi connectivity index (χ2v) is 4.66. The van der Waals surface area contributed by atoms with E-state index in [1.165, 1.54) is 0 Å². The highest BCUT2D eigenvalue weighted by Gasteiger charge is 2.22. The Morgan fingerprint density at radius 1 is 1.43 bits per heavy atom. The number of benzene rings is 1. The highest BCUT2D eigenvalue weighted by molar-refractivity contribution is 5.76. The summed E-state index contributed by atoms with van der Waals surface area (Å²) in [6.45, 7) is 4.39. The summed E-state index contributed by atoms with van der Waals surface area (Å²) < 4.78 is 1.78. The minimum absolute atomic E-state index is 0.0355. The molecule has 1 unspecified atom stereocenters. The molecule has 2 rings (SSSR count). The molecular weight excluding hydrogens is 272 g/mol. The maximum absolute atomic E-state index is 11.3. The molecule has 1 aromatic heterocycles. The van der Waals surface area contributed by atoms with E-state index in [1.54, 1.807) is 29.1 Å². The number of anilines is 2. The molecule has 112 valence electrons. The van der Waals surface area contributed by atoms with Crippen LogP contribution in [-0.2, 0) is 7.05 Å². The zero-order valence-electron chi connectivity index (χ0n) is 12.2. The molecule has 21 heavy (non-hydrogen) atoms. The fraction of sp³-hybridized carbons (Fsp3) is 0.385. The van der Waals surface area contributed by atoms with Gasteiger partial charge in [-0.1, -0.05) is 6.07 Å². The van der Waals surface area contributed by atoms with Crippen LogP contribution in [0.4, 0.5) is 17.1 Å². The number of nitro groups is 1. The smallest absolute Gasteiger partial charge is 0.315 e. The molecule has 0 saturated heterocycles. The van der Waals surface area contributed by atoms with Gasteiger partial charge in [0.15, 0.2) is 5.82 Å². The van der Waals surface area contributed by atoms with Crippen molar-refractivity contribution in [3.63, 3.8) is 0 Å². The number of nitrogens with one attached hydrogen (secondary N) is 2. The predicted octanol–water partition coefficient (Wildman–Crippen LogP) is 2.33. The molecule has 0 aliphatic carbocycles. The molecule has 0 bridgehead atoms. The Morgan fingerprint density at radius 3 is 2.71 bits per heavy atom. The summed E-state index contributed by atoms with van der Waals surface area (Å²) in [5, 5.41) is 25.3. The van der Waals surface area contributed by atoms with E-state index >= 15 is 0 Å². The zero-order valence-corrected chi connectivity index (χ0v) is 12.2. The summed E-state index contributed by atoms with van der Waals surface area (Å²) in [7, 11) is 1.83. The summed E-state index contributed by atoms with van der Waals surface area (Å²) in [5.41, 5.74) is 0.986. The van der Waals surface area contributed by atoms with Crippen LogP contribution in [0, 0.1) is 10.1 Å². The van der Waals surface area contributed by atoms with Crippen molar-refractivity contribution in [1.29, 1.82) is 0 Å². The first-order chi connectivity index (χ1) is 10.0. The van der Waals surface area contributed by atoms with Crippen molar-refractivity contribution < 1.29 is 4.92 Å². The lowest BCUT2D eigenvalue weighted by Gasteiger charge is -2.15. The lowest BCUT2D eigenvalue weighted by molar-refractivity contribution is -0.383. The van der Waals surface area contributed by atoms with E-state index in [-0.39, 0.29) is 16.7 Å². The zero-order chi connectivity index (χ0) is 15.4. The van der Waals surface area contributed by atoms with Crippen LogP contribution in [0.1, 0.15) is 25.7 Å². The number of nitro benzene ring substituents is 1. The summed E-state index contributed by atoms with van der Waals surface area (Å²) >= 11 is 0. The molecule has 0 fully saturated rings. The van der Waals surface area contributed by atoms with E-state index in [9.17, 15) is 10.1 Å². The number of hydrogen-bond donors (Lipinski definition) is 2. The Labute approximate surface area is 122 Å². The second-order valence-electron chi connectivity index (χ2n) is 4.66. The van der Waals surface area contributed by atoms with Gasteiger partial charge < -0.3 is 15.2 Å². The Morgan fingerprint density at radius 2 is 2.14 bits per heavy atom. The summed E-state index contributed by atoms with van der Waals surface area (Å²) in [6, 6.07) is 4.95. The molecule has 0 radical (unpaired) electrons. The summed E-state index contributed by atoms with van der Waals surface area (Å²) in [6.07, 6.45) is 1.59. The van der Waals surface area contributed by atoms with Gasteiger partial charge in [0.05, 0.1) is 11.0 Å². The topological polar surface area (TPSA) is 97.9 Å². The van der Waals surface area contributed by atoms with Gasteiger partial charge in [-0.25, -0.2) is 0 Å². The van der Waals surface area contributed by atoms with E-state index in [0.29, 0.717) is 23.7 Å². The summed E-state index contributed by atoms with van der Waals surface area (Å²) in [4.78, 5) is 11.0. The van der Waals surface area contributed by atoms with E-state index in [4.69, 9.17) is 0 Å². The van der Waals surface area contributed by atoms with Crippen molar-refractivity contribution in [3.05, 3.63) is 40.5 Å². The third-order valence-corrected chi connectivity index (χ3v) is 3.09. The predicted molar refractivity (Wildman–Crippen MR) is 80.3 cm³/mol. The average molecular weight is 290 g/mol. The molecule has 0 saturated carbocycles. The lowest BCUT2D eigenvalue weighted by Crippen LogP contribution is -2.13. The minimum Gasteiger partial charge on any atom is -0.380 e. The van der Waals surface area contributed by atoms with Crippen molar-refractivity contribution in [1.82, 2.24) is 14.8 Å². The average Bonchev–Trinajstić information content (AvgIpc) is 2.85. The van der Waals surface area contributed by atoms with Gasteiger partial charge in [-0.15, -0.1) is 10.2 Å². The van der Waals surface area contributed by atoms with Crippen LogP contribution in [0.2, 0.25) is 0 Å². The van der Waals surface area contributed by atoms with E-state index in [0.717, 1.165) is 0 Å². The van der Waals surface area contributed by atoms with Gasteiger partial charge in [-0.2, -0.15) is 0 Å². The fourth-order valence-corrected chi connectivity index (χ4v) is 2.17. The molecule has 1 aromatic carbocycles. The molecule has 0 amide bonds. The molecule has 0 spiro atoms. The Bertz CT molecular complexity index is 639. The highest BCUT2D eigenvalue weighted by atomic mass is 16.6. The van der Waals surface area contributed by atoms with Crippen LogP contribution >= 0.6 is 0 Å². The standard InChI is InChI=1S/C13H18N6O2/c1-4-14-10-6-5-7-11(12(10)19(20)21)16-9(2)13-17-15-8-18(13)3/h5-9,14,16H,4H2,1-3H3. The fourth-order valence-electron chi connectivity index (χ4n) is 2.17. The summed E-state index contributed by atoms with van der Waals surface area (Å²) in [5.74, 6) is 0.707. The van der Waals surface area contributed by atoms with Crippen molar-refractivity contribution in [2.45, 2.75) is 19.9 Å². The van der Waals surface area contributed by atoms with Gasteiger partial charge in [-0.3, -0.25) is 10.1 Å². The van der Waals surface area contributed by atoms with Crippen molar-refractivity contribution in [3.8, 4) is 0 Å².